The van der Waals surface area contributed by atoms with Crippen LogP contribution in [-0.2, 0) is 10.0 Å². The summed E-state index contributed by atoms with van der Waals surface area (Å²) in [5, 5.41) is 22.8. The molecule has 1 aromatic rings. The first-order chi connectivity index (χ1) is 8.85. The van der Waals surface area contributed by atoms with Crippen molar-refractivity contribution in [2.45, 2.75) is 25.0 Å². The summed E-state index contributed by atoms with van der Waals surface area (Å²) >= 11 is 0. The van der Waals surface area contributed by atoms with Gasteiger partial charge in [0.2, 0.25) is 10.0 Å². The second-order valence-electron chi connectivity index (χ2n) is 4.85. The van der Waals surface area contributed by atoms with Crippen molar-refractivity contribution < 1.29 is 18.6 Å². The number of sulfonamides is 1. The van der Waals surface area contributed by atoms with Crippen LogP contribution in [0.2, 0.25) is 0 Å². The zero-order valence-corrected chi connectivity index (χ0v) is 11.4. The van der Waals surface area contributed by atoms with Crippen molar-refractivity contribution in [3.05, 3.63) is 23.8 Å². The summed E-state index contributed by atoms with van der Waals surface area (Å²) in [5.41, 5.74) is 0.627. The number of aliphatic hydroxyl groups is 1. The minimum Gasteiger partial charge on any atom is -0.506 e. The van der Waals surface area contributed by atoms with E-state index in [0.29, 0.717) is 18.2 Å². The third kappa shape index (κ3) is 4.38. The van der Waals surface area contributed by atoms with Crippen molar-refractivity contribution in [2.75, 3.05) is 17.5 Å². The summed E-state index contributed by atoms with van der Waals surface area (Å²) in [6, 6.07) is 4.86. The van der Waals surface area contributed by atoms with Crippen molar-refractivity contribution in [3.8, 4) is 5.75 Å². The number of nitrogens with one attached hydrogen (secondary N) is 2. The summed E-state index contributed by atoms with van der Waals surface area (Å²) in [6.07, 6.45) is 2.53. The molecule has 7 heteroatoms. The molecule has 19 heavy (non-hydrogen) atoms. The normalized spacial score (nSPS) is 17.2. The van der Waals surface area contributed by atoms with Gasteiger partial charge in [-0.3, -0.25) is 4.72 Å². The van der Waals surface area contributed by atoms with Crippen LogP contribution in [0, 0.1) is 0 Å². The molecule has 0 aliphatic heterocycles. The van der Waals surface area contributed by atoms with Gasteiger partial charge in [-0.2, -0.15) is 0 Å². The lowest BCUT2D eigenvalue weighted by Gasteiger charge is -2.14. The van der Waals surface area contributed by atoms with E-state index in [4.69, 9.17) is 0 Å². The molecular weight excluding hydrogens is 268 g/mol. The monoisotopic (exact) mass is 286 g/mol. The molecule has 0 bridgehead atoms. The summed E-state index contributed by atoms with van der Waals surface area (Å²) in [7, 11) is -3.47. The van der Waals surface area contributed by atoms with Gasteiger partial charge < -0.3 is 15.5 Å². The van der Waals surface area contributed by atoms with Crippen LogP contribution in [-0.4, -0.2) is 37.5 Å². The highest BCUT2D eigenvalue weighted by Crippen LogP contribution is 2.28. The van der Waals surface area contributed by atoms with Crippen LogP contribution in [0.15, 0.2) is 18.2 Å². The highest BCUT2D eigenvalue weighted by Gasteiger charge is 2.22. The van der Waals surface area contributed by atoms with Crippen molar-refractivity contribution in [3.63, 3.8) is 0 Å². The lowest BCUT2D eigenvalue weighted by Crippen LogP contribution is -2.23. The number of hydrogen-bond acceptors (Lipinski definition) is 5. The maximum atomic E-state index is 11.2. The van der Waals surface area contributed by atoms with E-state index in [9.17, 15) is 18.6 Å². The van der Waals surface area contributed by atoms with Gasteiger partial charge in [0, 0.05) is 12.6 Å². The Bertz CT molecular complexity index is 555. The van der Waals surface area contributed by atoms with E-state index in [1.54, 1.807) is 6.07 Å². The van der Waals surface area contributed by atoms with Gasteiger partial charge in [-0.15, -0.1) is 0 Å². The molecule has 1 atom stereocenters. The maximum Gasteiger partial charge on any atom is 0.229 e. The topological polar surface area (TPSA) is 98.7 Å². The Balaban J connectivity index is 2.09. The number of hydrogen-bond donors (Lipinski definition) is 4. The second kappa shape index (κ2) is 5.36. The molecular formula is C12H18N2O4S. The Kier molecular flexibility index (Phi) is 3.98. The Labute approximate surface area is 112 Å². The number of benzene rings is 1. The van der Waals surface area contributed by atoms with Gasteiger partial charge >= 0.3 is 0 Å². The van der Waals surface area contributed by atoms with Crippen LogP contribution in [0.5, 0.6) is 5.75 Å². The van der Waals surface area contributed by atoms with E-state index >= 15 is 0 Å². The SMILES string of the molecule is CS(=O)(=O)Nc1cc([C@@H](O)CNC2CC2)ccc1O. The molecule has 1 aromatic carbocycles. The molecule has 2 rings (SSSR count). The quantitative estimate of drug-likeness (QED) is 0.572. The summed E-state index contributed by atoms with van der Waals surface area (Å²) in [4.78, 5) is 0. The number of rotatable bonds is 6. The fourth-order valence-corrected chi connectivity index (χ4v) is 2.29. The summed E-state index contributed by atoms with van der Waals surface area (Å²) in [5.74, 6) is -0.170. The number of anilines is 1. The first kappa shape index (κ1) is 14.1. The lowest BCUT2D eigenvalue weighted by atomic mass is 10.1. The molecule has 4 N–H and O–H groups in total. The number of phenols is 1. The van der Waals surface area contributed by atoms with Crippen LogP contribution < -0.4 is 10.0 Å². The summed E-state index contributed by atoms with van der Waals surface area (Å²) < 4.78 is 24.5. The van der Waals surface area contributed by atoms with Gasteiger partial charge in [-0.25, -0.2) is 8.42 Å². The third-order valence-corrected chi connectivity index (χ3v) is 3.47. The van der Waals surface area contributed by atoms with E-state index in [2.05, 4.69) is 10.0 Å². The van der Waals surface area contributed by atoms with Crippen LogP contribution >= 0.6 is 0 Å². The van der Waals surface area contributed by atoms with E-state index in [1.165, 1.54) is 12.1 Å². The molecule has 1 fully saturated rings. The van der Waals surface area contributed by atoms with Gasteiger partial charge in [0.15, 0.2) is 0 Å². The molecule has 0 amide bonds. The molecule has 106 valence electrons. The van der Waals surface area contributed by atoms with Crippen LogP contribution in [0.25, 0.3) is 0 Å². The Morgan fingerprint density at radius 2 is 2.11 bits per heavy atom. The highest BCUT2D eigenvalue weighted by atomic mass is 32.2. The van der Waals surface area contributed by atoms with E-state index in [0.717, 1.165) is 19.1 Å². The van der Waals surface area contributed by atoms with Crippen molar-refractivity contribution in [1.82, 2.24) is 5.32 Å². The minimum atomic E-state index is -3.47. The number of aromatic hydroxyl groups is 1. The zero-order chi connectivity index (χ0) is 14.0. The average molecular weight is 286 g/mol. The lowest BCUT2D eigenvalue weighted by molar-refractivity contribution is 0.174. The summed E-state index contributed by atoms with van der Waals surface area (Å²) in [6.45, 7) is 0.410. The molecule has 6 nitrogen and oxygen atoms in total. The molecule has 0 heterocycles. The number of phenolic OH excluding ortho intramolecular Hbond substituents is 1. The maximum absolute atomic E-state index is 11.2. The standard InChI is InChI=1S/C12H18N2O4S/c1-19(17,18)14-10-6-8(2-5-11(10)15)12(16)7-13-9-3-4-9/h2,5-6,9,12-16H,3-4,7H2,1H3/t12-/m0/s1. The van der Waals surface area contributed by atoms with Gasteiger partial charge in [0.25, 0.3) is 0 Å². The predicted molar refractivity (Wildman–Crippen MR) is 72.6 cm³/mol. The van der Waals surface area contributed by atoms with Crippen molar-refractivity contribution >= 4 is 15.7 Å². The minimum absolute atomic E-state index is 0.0745. The average Bonchev–Trinajstić information content (AvgIpc) is 3.11. The van der Waals surface area contributed by atoms with Crippen LogP contribution in [0.3, 0.4) is 0 Å². The predicted octanol–water partition coefficient (Wildman–Crippen LogP) is 0.549. The van der Waals surface area contributed by atoms with Gasteiger partial charge in [0.05, 0.1) is 18.0 Å². The van der Waals surface area contributed by atoms with Crippen LogP contribution in [0.4, 0.5) is 5.69 Å². The van der Waals surface area contributed by atoms with Gasteiger partial charge in [-0.05, 0) is 30.5 Å². The highest BCUT2D eigenvalue weighted by molar-refractivity contribution is 7.92. The Morgan fingerprint density at radius 1 is 1.42 bits per heavy atom. The molecule has 1 saturated carbocycles. The molecule has 0 radical (unpaired) electrons. The Hall–Kier alpha value is -1.31. The molecule has 0 saturated heterocycles. The fraction of sp³-hybridized carbons (Fsp3) is 0.500. The Morgan fingerprint density at radius 3 is 2.68 bits per heavy atom. The molecule has 1 aliphatic carbocycles. The molecule has 0 spiro atoms. The molecule has 0 aromatic heterocycles. The van der Waals surface area contributed by atoms with E-state index in [1.807, 2.05) is 0 Å². The first-order valence-corrected chi connectivity index (χ1v) is 7.96. The molecule has 0 unspecified atom stereocenters. The zero-order valence-electron chi connectivity index (χ0n) is 10.6. The second-order valence-corrected chi connectivity index (χ2v) is 6.60. The first-order valence-electron chi connectivity index (χ1n) is 6.07. The third-order valence-electron chi connectivity index (χ3n) is 2.88. The van der Waals surface area contributed by atoms with Crippen LogP contribution in [0.1, 0.15) is 24.5 Å². The van der Waals surface area contributed by atoms with Gasteiger partial charge in [0.1, 0.15) is 5.75 Å². The van der Waals surface area contributed by atoms with E-state index in [-0.39, 0.29) is 11.4 Å². The fourth-order valence-electron chi connectivity index (χ4n) is 1.73. The largest absolute Gasteiger partial charge is 0.506 e. The molecule has 1 aliphatic rings. The van der Waals surface area contributed by atoms with Crippen molar-refractivity contribution in [1.29, 1.82) is 0 Å². The van der Waals surface area contributed by atoms with Crippen molar-refractivity contribution in [2.24, 2.45) is 0 Å². The smallest absolute Gasteiger partial charge is 0.229 e. The van der Waals surface area contributed by atoms with E-state index < -0.39 is 16.1 Å². The number of aliphatic hydroxyl groups excluding tert-OH is 1. The van der Waals surface area contributed by atoms with Gasteiger partial charge in [-0.1, -0.05) is 6.07 Å².